The van der Waals surface area contributed by atoms with Crippen LogP contribution in [0.15, 0.2) is 54.6 Å². The highest BCUT2D eigenvalue weighted by Crippen LogP contribution is 2.19. The van der Waals surface area contributed by atoms with Crippen molar-refractivity contribution in [2.24, 2.45) is 0 Å². The molecule has 7 nitrogen and oxygen atoms in total. The summed E-state index contributed by atoms with van der Waals surface area (Å²) in [5.74, 6) is -0.668. The van der Waals surface area contributed by atoms with Crippen LogP contribution in [0.2, 0.25) is 0 Å². The number of hydrogen-bond acceptors (Lipinski definition) is 4. The van der Waals surface area contributed by atoms with Gasteiger partial charge in [-0.15, -0.1) is 0 Å². The number of carbonyl (C=O) groups is 2. The van der Waals surface area contributed by atoms with Crippen molar-refractivity contribution in [1.29, 1.82) is 0 Å². The minimum Gasteiger partial charge on any atom is -0.354 e. The second-order valence-corrected chi connectivity index (χ2v) is 9.73. The highest BCUT2D eigenvalue weighted by Gasteiger charge is 2.31. The molecule has 0 heterocycles. The number of anilines is 1. The third-order valence-electron chi connectivity index (χ3n) is 5.13. The summed E-state index contributed by atoms with van der Waals surface area (Å²) in [7, 11) is -3.71. The van der Waals surface area contributed by atoms with Gasteiger partial charge in [0, 0.05) is 13.1 Å². The molecule has 0 bridgehead atoms. The van der Waals surface area contributed by atoms with Crippen LogP contribution in [0.5, 0.6) is 0 Å². The minimum absolute atomic E-state index is 0.212. The summed E-state index contributed by atoms with van der Waals surface area (Å²) in [4.78, 5) is 27.8. The van der Waals surface area contributed by atoms with Gasteiger partial charge in [0.2, 0.25) is 21.8 Å². The zero-order valence-electron chi connectivity index (χ0n) is 19.2. The summed E-state index contributed by atoms with van der Waals surface area (Å²) >= 11 is 0. The number of carbonyl (C=O) groups excluding carboxylic acids is 2. The van der Waals surface area contributed by atoms with Gasteiger partial charge in [0.1, 0.15) is 12.6 Å². The highest BCUT2D eigenvalue weighted by atomic mass is 32.2. The van der Waals surface area contributed by atoms with Crippen LogP contribution < -0.4 is 9.62 Å². The smallest absolute Gasteiger partial charge is 0.244 e. The van der Waals surface area contributed by atoms with Crippen molar-refractivity contribution in [1.82, 2.24) is 10.2 Å². The van der Waals surface area contributed by atoms with Crippen molar-refractivity contribution in [3.05, 3.63) is 65.7 Å². The van der Waals surface area contributed by atoms with Gasteiger partial charge in [-0.1, -0.05) is 61.9 Å². The van der Waals surface area contributed by atoms with Crippen LogP contribution in [0.4, 0.5) is 5.69 Å². The molecule has 1 unspecified atom stereocenters. The number of nitrogens with one attached hydrogen (secondary N) is 1. The molecule has 2 aromatic carbocycles. The molecule has 1 N–H and O–H groups in total. The number of hydrogen-bond donors (Lipinski definition) is 1. The molecule has 0 saturated carbocycles. The van der Waals surface area contributed by atoms with E-state index in [0.717, 1.165) is 28.1 Å². The number of nitrogens with zero attached hydrogens (tertiary/aromatic N) is 2. The second kappa shape index (κ2) is 11.7. The Morgan fingerprint density at radius 1 is 1.00 bits per heavy atom. The van der Waals surface area contributed by atoms with E-state index in [0.29, 0.717) is 18.7 Å². The SMILES string of the molecule is CCCNC(=O)C(CC)N(Cc1ccc(C)cc1)C(=O)CN(c1ccccc1)S(C)(=O)=O. The molecule has 0 fully saturated rings. The van der Waals surface area contributed by atoms with Gasteiger partial charge < -0.3 is 10.2 Å². The predicted octanol–water partition coefficient (Wildman–Crippen LogP) is 3.09. The van der Waals surface area contributed by atoms with Crippen molar-refractivity contribution in [3.63, 3.8) is 0 Å². The van der Waals surface area contributed by atoms with E-state index in [9.17, 15) is 18.0 Å². The van der Waals surface area contributed by atoms with Crippen LogP contribution >= 0.6 is 0 Å². The summed E-state index contributed by atoms with van der Waals surface area (Å²) in [6.07, 6.45) is 2.27. The van der Waals surface area contributed by atoms with E-state index in [4.69, 9.17) is 0 Å². The number of aryl methyl sites for hydroxylation is 1. The van der Waals surface area contributed by atoms with Crippen LogP contribution in [0.3, 0.4) is 0 Å². The van der Waals surface area contributed by atoms with Crippen LogP contribution in [0.25, 0.3) is 0 Å². The summed E-state index contributed by atoms with van der Waals surface area (Å²) in [5.41, 5.74) is 2.37. The van der Waals surface area contributed by atoms with E-state index in [1.165, 1.54) is 4.90 Å². The second-order valence-electron chi connectivity index (χ2n) is 7.83. The Hall–Kier alpha value is -2.87. The third-order valence-corrected chi connectivity index (χ3v) is 6.27. The molecule has 2 amide bonds. The van der Waals surface area contributed by atoms with E-state index in [1.54, 1.807) is 30.3 Å². The normalized spacial score (nSPS) is 12.1. The van der Waals surface area contributed by atoms with Crippen molar-refractivity contribution in [2.45, 2.75) is 46.2 Å². The quantitative estimate of drug-likeness (QED) is 0.559. The zero-order valence-corrected chi connectivity index (χ0v) is 20.1. The summed E-state index contributed by atoms with van der Waals surface area (Å²) in [6, 6.07) is 15.5. The van der Waals surface area contributed by atoms with Crippen LogP contribution in [-0.2, 0) is 26.2 Å². The number of para-hydroxylation sites is 1. The van der Waals surface area contributed by atoms with Gasteiger partial charge in [0.05, 0.1) is 11.9 Å². The molecule has 0 saturated heterocycles. The first-order valence-corrected chi connectivity index (χ1v) is 12.7. The molecule has 0 radical (unpaired) electrons. The molecule has 174 valence electrons. The highest BCUT2D eigenvalue weighted by molar-refractivity contribution is 7.92. The molecular formula is C24H33N3O4S. The molecule has 32 heavy (non-hydrogen) atoms. The molecule has 2 rings (SSSR count). The fourth-order valence-corrected chi connectivity index (χ4v) is 4.23. The number of amides is 2. The number of sulfonamides is 1. The maximum absolute atomic E-state index is 13.5. The Labute approximate surface area is 191 Å². The van der Waals surface area contributed by atoms with Gasteiger partial charge in [0.15, 0.2) is 0 Å². The van der Waals surface area contributed by atoms with Crippen molar-refractivity contribution in [2.75, 3.05) is 23.7 Å². The maximum atomic E-state index is 13.5. The average Bonchev–Trinajstić information content (AvgIpc) is 2.76. The maximum Gasteiger partial charge on any atom is 0.244 e. The van der Waals surface area contributed by atoms with E-state index < -0.39 is 22.0 Å². The van der Waals surface area contributed by atoms with Gasteiger partial charge in [0.25, 0.3) is 0 Å². The molecule has 2 aromatic rings. The predicted molar refractivity (Wildman–Crippen MR) is 128 cm³/mol. The van der Waals surface area contributed by atoms with E-state index in [2.05, 4.69) is 5.32 Å². The molecule has 0 aliphatic carbocycles. The summed E-state index contributed by atoms with van der Waals surface area (Å²) in [6.45, 7) is 6.12. The van der Waals surface area contributed by atoms with Crippen molar-refractivity contribution >= 4 is 27.5 Å². The standard InChI is InChI=1S/C24H33N3O4S/c1-5-16-25-24(29)22(6-2)26(17-20-14-12-19(3)13-15-20)23(28)18-27(32(4,30)31)21-10-8-7-9-11-21/h7-15,22H,5-6,16-18H2,1-4H3,(H,25,29). The van der Waals surface area contributed by atoms with Gasteiger partial charge in [-0.3, -0.25) is 13.9 Å². The Balaban J connectivity index is 2.38. The first-order chi connectivity index (χ1) is 15.2. The molecule has 8 heteroatoms. The Morgan fingerprint density at radius 2 is 1.62 bits per heavy atom. The minimum atomic E-state index is -3.71. The Bertz CT molecular complexity index is 992. The van der Waals surface area contributed by atoms with Crippen LogP contribution in [-0.4, -0.2) is 50.5 Å². The van der Waals surface area contributed by atoms with Gasteiger partial charge in [-0.2, -0.15) is 0 Å². The van der Waals surface area contributed by atoms with Crippen LogP contribution in [0.1, 0.15) is 37.8 Å². The van der Waals surface area contributed by atoms with Gasteiger partial charge in [-0.25, -0.2) is 8.42 Å². The lowest BCUT2D eigenvalue weighted by atomic mass is 10.1. The fourth-order valence-electron chi connectivity index (χ4n) is 3.38. The van der Waals surface area contributed by atoms with E-state index >= 15 is 0 Å². The third kappa shape index (κ3) is 7.09. The van der Waals surface area contributed by atoms with Crippen molar-refractivity contribution in [3.8, 4) is 0 Å². The molecule has 0 aliphatic rings. The number of rotatable bonds is 11. The molecule has 0 aromatic heterocycles. The van der Waals surface area contributed by atoms with E-state index in [1.807, 2.05) is 45.0 Å². The first kappa shape index (κ1) is 25.4. The van der Waals surface area contributed by atoms with E-state index in [-0.39, 0.29) is 19.0 Å². The molecule has 0 aliphatic heterocycles. The van der Waals surface area contributed by atoms with Gasteiger partial charge in [-0.05, 0) is 37.5 Å². The topological polar surface area (TPSA) is 86.8 Å². The van der Waals surface area contributed by atoms with Crippen LogP contribution in [0, 0.1) is 6.92 Å². The average molecular weight is 460 g/mol. The summed E-state index contributed by atoms with van der Waals surface area (Å²) in [5, 5.41) is 2.86. The van der Waals surface area contributed by atoms with Crippen molar-refractivity contribution < 1.29 is 18.0 Å². The zero-order chi connectivity index (χ0) is 23.7. The lowest BCUT2D eigenvalue weighted by molar-refractivity contribution is -0.140. The molecule has 0 spiro atoms. The molecular weight excluding hydrogens is 426 g/mol. The monoisotopic (exact) mass is 459 g/mol. The lowest BCUT2D eigenvalue weighted by Gasteiger charge is -2.32. The largest absolute Gasteiger partial charge is 0.354 e. The fraction of sp³-hybridized carbons (Fsp3) is 0.417. The molecule has 1 atom stereocenters. The number of benzene rings is 2. The Kier molecular flexibility index (Phi) is 9.26. The van der Waals surface area contributed by atoms with Gasteiger partial charge >= 0.3 is 0 Å². The Morgan fingerprint density at radius 3 is 2.16 bits per heavy atom. The first-order valence-electron chi connectivity index (χ1n) is 10.8. The summed E-state index contributed by atoms with van der Waals surface area (Å²) < 4.78 is 26.0. The lowest BCUT2D eigenvalue weighted by Crippen LogP contribution is -2.52.